The highest BCUT2D eigenvalue weighted by atomic mass is 19.1. The third kappa shape index (κ3) is 4.50. The molecule has 118 valence electrons. The van der Waals surface area contributed by atoms with Crippen LogP contribution in [0.2, 0.25) is 0 Å². The molecule has 1 N–H and O–H groups in total. The molecule has 2 rings (SSSR count). The fraction of sp³-hybridized carbons (Fsp3) is 0.647. The Morgan fingerprint density at radius 1 is 1.33 bits per heavy atom. The van der Waals surface area contributed by atoms with Gasteiger partial charge in [0.15, 0.2) is 0 Å². The Labute approximate surface area is 128 Å². The molecule has 0 saturated carbocycles. The molecule has 0 radical (unpaired) electrons. The first kappa shape index (κ1) is 16.4. The van der Waals surface area contributed by atoms with Gasteiger partial charge in [-0.3, -0.25) is 4.90 Å². The molecular weight excluding hydrogens is 265 g/mol. The zero-order chi connectivity index (χ0) is 15.2. The van der Waals surface area contributed by atoms with Gasteiger partial charge in [-0.05, 0) is 53.0 Å². The zero-order valence-corrected chi connectivity index (χ0v) is 13.5. The highest BCUT2D eigenvalue weighted by Crippen LogP contribution is 2.21. The molecule has 1 saturated heterocycles. The minimum absolute atomic E-state index is 0.0828. The van der Waals surface area contributed by atoms with Crippen LogP contribution in [0.15, 0.2) is 24.3 Å². The molecule has 21 heavy (non-hydrogen) atoms. The Balaban J connectivity index is 1.95. The summed E-state index contributed by atoms with van der Waals surface area (Å²) in [5.41, 5.74) is 0.777. The molecule has 3 nitrogen and oxygen atoms in total. The minimum atomic E-state index is -0.111. The topological polar surface area (TPSA) is 18.5 Å². The van der Waals surface area contributed by atoms with E-state index in [2.05, 4.69) is 29.1 Å². The van der Waals surface area contributed by atoms with Crippen LogP contribution < -0.4 is 5.32 Å². The highest BCUT2D eigenvalue weighted by Gasteiger charge is 2.21. The van der Waals surface area contributed by atoms with Gasteiger partial charge in [0.05, 0.1) is 0 Å². The fourth-order valence-corrected chi connectivity index (χ4v) is 3.26. The predicted octanol–water partition coefficient (Wildman–Crippen LogP) is 2.50. The Bertz CT molecular complexity index is 438. The second-order valence-electron chi connectivity index (χ2n) is 6.15. The lowest BCUT2D eigenvalue weighted by Crippen LogP contribution is -2.39. The molecule has 1 fully saturated rings. The van der Waals surface area contributed by atoms with Gasteiger partial charge in [0, 0.05) is 30.7 Å². The maximum atomic E-state index is 13.9. The number of nitrogens with zero attached hydrogens (tertiary/aromatic N) is 2. The number of hydrogen-bond acceptors (Lipinski definition) is 3. The van der Waals surface area contributed by atoms with Gasteiger partial charge in [0.1, 0.15) is 5.82 Å². The molecule has 0 amide bonds. The molecule has 2 unspecified atom stereocenters. The summed E-state index contributed by atoms with van der Waals surface area (Å²) in [6.07, 6.45) is 2.15. The molecule has 0 aliphatic carbocycles. The SMILES string of the molecule is CNC(CCN1CCCN(C)CC1C)c1ccccc1F. The van der Waals surface area contributed by atoms with Crippen LogP contribution in [0.4, 0.5) is 4.39 Å². The van der Waals surface area contributed by atoms with Crippen LogP contribution in [-0.2, 0) is 0 Å². The number of hydrogen-bond donors (Lipinski definition) is 1. The lowest BCUT2D eigenvalue weighted by molar-refractivity contribution is 0.193. The van der Waals surface area contributed by atoms with Gasteiger partial charge >= 0.3 is 0 Å². The van der Waals surface area contributed by atoms with Crippen molar-refractivity contribution in [3.63, 3.8) is 0 Å². The second kappa shape index (κ2) is 7.87. The maximum absolute atomic E-state index is 13.9. The second-order valence-corrected chi connectivity index (χ2v) is 6.15. The summed E-state index contributed by atoms with van der Waals surface area (Å²) < 4.78 is 13.9. The smallest absolute Gasteiger partial charge is 0.127 e. The molecule has 1 heterocycles. The van der Waals surface area contributed by atoms with Crippen LogP contribution in [0.3, 0.4) is 0 Å². The summed E-state index contributed by atoms with van der Waals surface area (Å²) in [5, 5.41) is 3.26. The summed E-state index contributed by atoms with van der Waals surface area (Å²) in [6, 6.07) is 7.74. The maximum Gasteiger partial charge on any atom is 0.127 e. The van der Waals surface area contributed by atoms with Gasteiger partial charge < -0.3 is 10.2 Å². The fourth-order valence-electron chi connectivity index (χ4n) is 3.26. The highest BCUT2D eigenvalue weighted by molar-refractivity contribution is 5.21. The molecular formula is C17H28FN3. The Hall–Kier alpha value is -0.970. The standard InChI is InChI=1S/C17H28FN3/c1-14-13-20(3)10-6-11-21(14)12-9-17(19-2)15-7-4-5-8-16(15)18/h4-5,7-8,14,17,19H,6,9-13H2,1-3H3. The van der Waals surface area contributed by atoms with E-state index < -0.39 is 0 Å². The molecule has 1 aromatic rings. The number of nitrogens with one attached hydrogen (secondary N) is 1. The normalized spacial score (nSPS) is 23.0. The van der Waals surface area contributed by atoms with Crippen LogP contribution in [0.5, 0.6) is 0 Å². The summed E-state index contributed by atoms with van der Waals surface area (Å²) in [5.74, 6) is -0.111. The number of likely N-dealkylation sites (N-methyl/N-ethyl adjacent to an activating group) is 1. The summed E-state index contributed by atoms with van der Waals surface area (Å²) in [6.45, 7) is 6.72. The summed E-state index contributed by atoms with van der Waals surface area (Å²) >= 11 is 0. The van der Waals surface area contributed by atoms with E-state index in [9.17, 15) is 4.39 Å². The van der Waals surface area contributed by atoms with Gasteiger partial charge in [-0.2, -0.15) is 0 Å². The molecule has 1 aromatic carbocycles. The van der Waals surface area contributed by atoms with Crippen LogP contribution >= 0.6 is 0 Å². The molecule has 0 aromatic heterocycles. The van der Waals surface area contributed by atoms with E-state index in [0.29, 0.717) is 6.04 Å². The molecule has 1 aliphatic rings. The van der Waals surface area contributed by atoms with Crippen molar-refractivity contribution in [2.24, 2.45) is 0 Å². The van der Waals surface area contributed by atoms with E-state index in [0.717, 1.165) is 31.6 Å². The van der Waals surface area contributed by atoms with Gasteiger partial charge in [-0.25, -0.2) is 4.39 Å². The van der Waals surface area contributed by atoms with Gasteiger partial charge in [-0.1, -0.05) is 18.2 Å². The van der Waals surface area contributed by atoms with Gasteiger partial charge in [0.2, 0.25) is 0 Å². The molecule has 4 heteroatoms. The lowest BCUT2D eigenvalue weighted by atomic mass is 10.0. The Kier molecular flexibility index (Phi) is 6.15. The number of benzene rings is 1. The van der Waals surface area contributed by atoms with E-state index in [1.54, 1.807) is 12.1 Å². The van der Waals surface area contributed by atoms with Gasteiger partial charge in [0.25, 0.3) is 0 Å². The van der Waals surface area contributed by atoms with Crippen LogP contribution in [-0.4, -0.2) is 56.1 Å². The quantitative estimate of drug-likeness (QED) is 0.900. The average molecular weight is 293 g/mol. The van der Waals surface area contributed by atoms with E-state index in [-0.39, 0.29) is 11.9 Å². The monoisotopic (exact) mass is 293 g/mol. The summed E-state index contributed by atoms with van der Waals surface area (Å²) in [4.78, 5) is 4.94. The number of rotatable bonds is 5. The van der Waals surface area contributed by atoms with Crippen molar-refractivity contribution in [3.8, 4) is 0 Å². The first-order valence-electron chi connectivity index (χ1n) is 7.96. The largest absolute Gasteiger partial charge is 0.313 e. The van der Waals surface area contributed by atoms with E-state index >= 15 is 0 Å². The number of halogens is 1. The molecule has 2 atom stereocenters. The van der Waals surface area contributed by atoms with Crippen molar-refractivity contribution in [1.82, 2.24) is 15.1 Å². The van der Waals surface area contributed by atoms with Crippen LogP contribution in [0.1, 0.15) is 31.4 Å². The van der Waals surface area contributed by atoms with Crippen molar-refractivity contribution in [2.45, 2.75) is 31.8 Å². The van der Waals surface area contributed by atoms with E-state index in [1.165, 1.54) is 13.0 Å². The molecule has 0 spiro atoms. The van der Waals surface area contributed by atoms with Crippen molar-refractivity contribution >= 4 is 0 Å². The van der Waals surface area contributed by atoms with Gasteiger partial charge in [-0.15, -0.1) is 0 Å². The predicted molar refractivity (Wildman–Crippen MR) is 86.0 cm³/mol. The Morgan fingerprint density at radius 3 is 2.81 bits per heavy atom. The van der Waals surface area contributed by atoms with Crippen molar-refractivity contribution in [3.05, 3.63) is 35.6 Å². The third-order valence-corrected chi connectivity index (χ3v) is 4.52. The first-order chi connectivity index (χ1) is 10.1. The third-order valence-electron chi connectivity index (χ3n) is 4.52. The van der Waals surface area contributed by atoms with E-state index in [4.69, 9.17) is 0 Å². The summed E-state index contributed by atoms with van der Waals surface area (Å²) in [7, 11) is 4.10. The molecule has 0 bridgehead atoms. The lowest BCUT2D eigenvalue weighted by Gasteiger charge is -2.29. The first-order valence-corrected chi connectivity index (χ1v) is 7.96. The van der Waals surface area contributed by atoms with Crippen LogP contribution in [0, 0.1) is 5.82 Å². The van der Waals surface area contributed by atoms with Crippen molar-refractivity contribution in [1.29, 1.82) is 0 Å². The van der Waals surface area contributed by atoms with Crippen molar-refractivity contribution < 1.29 is 4.39 Å². The van der Waals surface area contributed by atoms with Crippen LogP contribution in [0.25, 0.3) is 0 Å². The minimum Gasteiger partial charge on any atom is -0.313 e. The van der Waals surface area contributed by atoms with Crippen molar-refractivity contribution in [2.75, 3.05) is 40.3 Å². The van der Waals surface area contributed by atoms with E-state index in [1.807, 2.05) is 19.2 Å². The molecule has 1 aliphatic heterocycles. The zero-order valence-electron chi connectivity index (χ0n) is 13.5. The Morgan fingerprint density at radius 2 is 2.10 bits per heavy atom. The average Bonchev–Trinajstić information content (AvgIpc) is 2.62.